The molecule has 0 saturated carbocycles. The first-order valence-corrected chi connectivity index (χ1v) is 10.9. The molecule has 0 aromatic heterocycles. The first-order valence-electron chi connectivity index (χ1n) is 10.9. The van der Waals surface area contributed by atoms with Crippen LogP contribution < -0.4 is 4.74 Å². The van der Waals surface area contributed by atoms with Crippen LogP contribution in [0.25, 0.3) is 11.1 Å². The van der Waals surface area contributed by atoms with E-state index in [9.17, 15) is 4.79 Å². The van der Waals surface area contributed by atoms with Crippen molar-refractivity contribution >= 4 is 5.78 Å². The molecule has 1 atom stereocenters. The molecule has 2 aromatic carbocycles. The number of nitrogens with zero attached hydrogens (tertiary/aromatic N) is 1. The summed E-state index contributed by atoms with van der Waals surface area (Å²) in [5.41, 5.74) is 4.44. The molecule has 0 aliphatic heterocycles. The van der Waals surface area contributed by atoms with Crippen LogP contribution in [-0.4, -0.2) is 36.4 Å². The molecule has 1 unspecified atom stereocenters. The van der Waals surface area contributed by atoms with Crippen molar-refractivity contribution in [2.45, 2.75) is 72.9 Å². The van der Waals surface area contributed by atoms with Gasteiger partial charge < -0.3 is 4.74 Å². The summed E-state index contributed by atoms with van der Waals surface area (Å²) >= 11 is 0. The first kappa shape index (κ1) is 24.1. The zero-order chi connectivity index (χ0) is 22.7. The number of rotatable bonds is 7. The van der Waals surface area contributed by atoms with Crippen molar-refractivity contribution in [1.82, 2.24) is 4.90 Å². The van der Waals surface area contributed by atoms with E-state index in [0.29, 0.717) is 6.42 Å². The van der Waals surface area contributed by atoms with Crippen LogP contribution in [0, 0.1) is 5.41 Å². The molecule has 0 heterocycles. The average Bonchev–Trinajstić information content (AvgIpc) is 2.69. The van der Waals surface area contributed by atoms with E-state index in [0.717, 1.165) is 12.2 Å². The van der Waals surface area contributed by atoms with Crippen LogP contribution in [0.3, 0.4) is 0 Å². The fourth-order valence-electron chi connectivity index (χ4n) is 3.69. The number of hydrogen-bond acceptors (Lipinski definition) is 3. The first-order chi connectivity index (χ1) is 13.9. The molecule has 3 heteroatoms. The Labute approximate surface area is 183 Å². The van der Waals surface area contributed by atoms with Crippen molar-refractivity contribution in [3.8, 4) is 16.9 Å². The van der Waals surface area contributed by atoms with Gasteiger partial charge in [-0.05, 0) is 75.0 Å². The fraction of sp³-hybridized carbons (Fsp3) is 0.519. The normalized spacial score (nSPS) is 13.4. The van der Waals surface area contributed by atoms with Gasteiger partial charge in [0.25, 0.3) is 0 Å². The molecule has 164 valence electrons. The number of carbonyl (C=O) groups is 1. The Morgan fingerprint density at radius 2 is 1.60 bits per heavy atom. The van der Waals surface area contributed by atoms with Crippen LogP contribution in [0.1, 0.15) is 59.6 Å². The second-order valence-electron chi connectivity index (χ2n) is 10.2. The van der Waals surface area contributed by atoms with E-state index in [1.54, 1.807) is 7.11 Å². The van der Waals surface area contributed by atoms with Gasteiger partial charge in [-0.25, -0.2) is 0 Å². The van der Waals surface area contributed by atoms with Crippen molar-refractivity contribution in [2.75, 3.05) is 14.2 Å². The Kier molecular flexibility index (Phi) is 7.52. The number of methoxy groups -OCH3 is 1. The van der Waals surface area contributed by atoms with Crippen molar-refractivity contribution in [3.05, 3.63) is 53.6 Å². The van der Waals surface area contributed by atoms with Gasteiger partial charge in [0.2, 0.25) is 0 Å². The summed E-state index contributed by atoms with van der Waals surface area (Å²) in [6, 6.07) is 14.8. The molecule has 2 rings (SSSR count). The third-order valence-electron chi connectivity index (χ3n) is 5.95. The lowest BCUT2D eigenvalue weighted by atomic mass is 9.82. The predicted octanol–water partition coefficient (Wildman–Crippen LogP) is 6.18. The molecule has 3 nitrogen and oxygen atoms in total. The number of hydrogen-bond donors (Lipinski definition) is 0. The Bertz CT molecular complexity index is 854. The number of likely N-dealkylation sites (N-methyl/N-ethyl adjacent to an activating group) is 1. The zero-order valence-corrected chi connectivity index (χ0v) is 20.3. The molecular weight excluding hydrogens is 370 g/mol. The molecule has 0 spiro atoms. The van der Waals surface area contributed by atoms with Gasteiger partial charge >= 0.3 is 0 Å². The van der Waals surface area contributed by atoms with Gasteiger partial charge in [0, 0.05) is 11.0 Å². The molecule has 2 aromatic rings. The molecule has 0 amide bonds. The second kappa shape index (κ2) is 9.34. The Morgan fingerprint density at radius 1 is 1.00 bits per heavy atom. The van der Waals surface area contributed by atoms with Gasteiger partial charge in [0.05, 0.1) is 13.2 Å². The number of benzene rings is 2. The van der Waals surface area contributed by atoms with Crippen LogP contribution in [0.5, 0.6) is 5.75 Å². The molecule has 30 heavy (non-hydrogen) atoms. The highest BCUT2D eigenvalue weighted by Crippen LogP contribution is 2.30. The van der Waals surface area contributed by atoms with Gasteiger partial charge in [-0.1, -0.05) is 58.0 Å². The number of ether oxygens (including phenoxy) is 1. The van der Waals surface area contributed by atoms with Crippen LogP contribution in [0.4, 0.5) is 0 Å². The summed E-state index contributed by atoms with van der Waals surface area (Å²) in [6.07, 6.45) is 1.67. The molecular formula is C27H39NO2. The summed E-state index contributed by atoms with van der Waals surface area (Å²) in [6.45, 7) is 14.7. The Hall–Kier alpha value is -2.13. The molecule has 0 bridgehead atoms. The van der Waals surface area contributed by atoms with Crippen molar-refractivity contribution in [3.63, 3.8) is 0 Å². The highest BCUT2D eigenvalue weighted by molar-refractivity contribution is 5.89. The van der Waals surface area contributed by atoms with Gasteiger partial charge in [-0.3, -0.25) is 9.69 Å². The van der Waals surface area contributed by atoms with E-state index in [1.807, 2.05) is 26.8 Å². The van der Waals surface area contributed by atoms with Gasteiger partial charge in [0.15, 0.2) is 5.78 Å². The van der Waals surface area contributed by atoms with E-state index < -0.39 is 0 Å². The summed E-state index contributed by atoms with van der Waals surface area (Å²) < 4.78 is 5.37. The van der Waals surface area contributed by atoms with Crippen LogP contribution in [0.2, 0.25) is 0 Å². The lowest BCUT2D eigenvalue weighted by molar-refractivity contribution is -0.133. The van der Waals surface area contributed by atoms with Gasteiger partial charge in [-0.15, -0.1) is 0 Å². The lowest BCUT2D eigenvalue weighted by Gasteiger charge is -2.40. The van der Waals surface area contributed by atoms with Gasteiger partial charge in [0.1, 0.15) is 5.75 Å². The molecule has 0 N–H and O–H groups in total. The molecule has 0 aliphatic carbocycles. The minimum atomic E-state index is -0.372. The van der Waals surface area contributed by atoms with E-state index in [4.69, 9.17) is 4.74 Å². The molecule has 0 saturated heterocycles. The number of Topliss-reactive ketones (excluding diaryl/α,β-unsaturated/α-hetero) is 1. The van der Waals surface area contributed by atoms with E-state index in [1.165, 1.54) is 22.3 Å². The van der Waals surface area contributed by atoms with Gasteiger partial charge in [-0.2, -0.15) is 0 Å². The zero-order valence-electron chi connectivity index (χ0n) is 20.3. The highest BCUT2D eigenvalue weighted by atomic mass is 16.5. The van der Waals surface area contributed by atoms with E-state index >= 15 is 0 Å². The minimum Gasteiger partial charge on any atom is -0.497 e. The largest absolute Gasteiger partial charge is 0.497 e. The molecule has 0 aliphatic rings. The summed E-state index contributed by atoms with van der Waals surface area (Å²) in [5.74, 6) is 1.17. The maximum Gasteiger partial charge on any atom is 0.155 e. The highest BCUT2D eigenvalue weighted by Gasteiger charge is 2.36. The monoisotopic (exact) mass is 409 g/mol. The average molecular weight is 410 g/mol. The van der Waals surface area contributed by atoms with E-state index in [-0.39, 0.29) is 22.8 Å². The second-order valence-corrected chi connectivity index (χ2v) is 10.2. The van der Waals surface area contributed by atoms with Crippen molar-refractivity contribution < 1.29 is 9.53 Å². The molecule has 0 fully saturated rings. The predicted molar refractivity (Wildman–Crippen MR) is 127 cm³/mol. The topological polar surface area (TPSA) is 29.5 Å². The lowest BCUT2D eigenvalue weighted by Crippen LogP contribution is -2.52. The summed E-state index contributed by atoms with van der Waals surface area (Å²) in [4.78, 5) is 15.5. The quantitative estimate of drug-likeness (QED) is 0.547. The van der Waals surface area contributed by atoms with E-state index in [2.05, 4.69) is 76.0 Å². The molecule has 0 radical (unpaired) electrons. The fourth-order valence-corrected chi connectivity index (χ4v) is 3.69. The number of ketones is 1. The van der Waals surface area contributed by atoms with Crippen molar-refractivity contribution in [1.29, 1.82) is 0 Å². The van der Waals surface area contributed by atoms with Crippen molar-refractivity contribution in [2.24, 2.45) is 5.41 Å². The minimum absolute atomic E-state index is 0.0787. The maximum absolute atomic E-state index is 13.2. The number of carbonyl (C=O) groups excluding carboxylic acids is 1. The standard InChI is InChI=1S/C27H39NO2/c1-10-20-18-22(30-9)15-16-23(20)21-13-11-19(12-14-21)17-24(25(29)26(2,3)4)28(8)27(5,6)7/h11-16,18,24H,10,17H2,1-9H3. The Morgan fingerprint density at radius 3 is 2.07 bits per heavy atom. The summed E-state index contributed by atoms with van der Waals surface area (Å²) in [7, 11) is 3.76. The number of aryl methyl sites for hydroxylation is 1. The smallest absolute Gasteiger partial charge is 0.155 e. The SMILES string of the molecule is CCc1cc(OC)ccc1-c1ccc(CC(C(=O)C(C)(C)C)N(C)C(C)(C)C)cc1. The van der Waals surface area contributed by atoms with Crippen LogP contribution in [-0.2, 0) is 17.6 Å². The third-order valence-corrected chi connectivity index (χ3v) is 5.95. The van der Waals surface area contributed by atoms with Crippen LogP contribution in [0.15, 0.2) is 42.5 Å². The Balaban J connectivity index is 2.33. The third kappa shape index (κ3) is 5.72. The maximum atomic E-state index is 13.2. The van der Waals surface area contributed by atoms with Crippen LogP contribution >= 0.6 is 0 Å². The summed E-state index contributed by atoms with van der Waals surface area (Å²) in [5, 5.41) is 0.